The normalized spacial score (nSPS) is 13.8. The van der Waals surface area contributed by atoms with Crippen LogP contribution in [0.3, 0.4) is 0 Å². The van der Waals surface area contributed by atoms with Crippen molar-refractivity contribution in [3.8, 4) is 0 Å². The molecule has 0 saturated carbocycles. The highest BCUT2D eigenvalue weighted by molar-refractivity contribution is 5.70. The number of nitrogens with zero attached hydrogens (tertiary/aromatic N) is 1. The van der Waals surface area contributed by atoms with E-state index >= 15 is 0 Å². The number of hydrogen-bond acceptors (Lipinski definition) is 8. The molecule has 0 amide bonds. The maximum Gasteiger partial charge on any atom is 0.306 e. The first-order valence-corrected chi connectivity index (χ1v) is 29.3. The molecule has 0 spiro atoms. The standard InChI is InChI=1S/C66H107NO8/c1-6-8-10-12-14-16-18-20-22-24-25-26-27-28-29-30-31-32-33-34-35-36-37-38-39-41-43-45-47-49-51-53-55-57-64(69)75-62(61-74-66(65(70)71)72-59-58-67(3,4)5)60-73-63(68)56-54-52-50-48-46-44-42-40-23-21-19-17-15-13-11-9-7-2/h8-11,14-17,20-23,25-26,28-29,31-32,34-35,37-38,62,66H,6-7,12-13,18-19,24,27,30,33,36,39-61H2,1-5H3/b10-8-,11-9-,16-14-,17-15-,22-20-,23-21-,26-25-,29-28-,32-31-,35-34-,38-37-. The number of carboxylic acid groups (broad SMARTS) is 1. The molecule has 0 aliphatic heterocycles. The average molecular weight is 1040 g/mol. The third-order valence-electron chi connectivity index (χ3n) is 11.9. The van der Waals surface area contributed by atoms with Gasteiger partial charge in [-0.3, -0.25) is 9.59 Å². The Morgan fingerprint density at radius 3 is 1.07 bits per heavy atom. The number of likely N-dealkylation sites (N-methyl/N-ethyl adjacent to an activating group) is 1. The molecule has 0 aliphatic carbocycles. The maximum absolute atomic E-state index is 12.9. The van der Waals surface area contributed by atoms with Crippen LogP contribution in [0.25, 0.3) is 0 Å². The highest BCUT2D eigenvalue weighted by Gasteiger charge is 2.22. The number of unbranched alkanes of at least 4 members (excludes halogenated alkanes) is 15. The first-order valence-electron chi connectivity index (χ1n) is 29.3. The largest absolute Gasteiger partial charge is 0.545 e. The van der Waals surface area contributed by atoms with Crippen molar-refractivity contribution in [2.24, 2.45) is 0 Å². The van der Waals surface area contributed by atoms with Crippen molar-refractivity contribution >= 4 is 17.9 Å². The molecular weight excluding hydrogens is 935 g/mol. The number of carbonyl (C=O) groups excluding carboxylic acids is 3. The van der Waals surface area contributed by atoms with Gasteiger partial charge in [-0.2, -0.15) is 0 Å². The Bertz CT molecular complexity index is 1690. The fourth-order valence-corrected chi connectivity index (χ4v) is 7.45. The smallest absolute Gasteiger partial charge is 0.306 e. The summed E-state index contributed by atoms with van der Waals surface area (Å²) in [6, 6.07) is 0. The molecule has 0 fully saturated rings. The molecule has 2 atom stereocenters. The third-order valence-corrected chi connectivity index (χ3v) is 11.9. The Morgan fingerprint density at radius 2 is 0.720 bits per heavy atom. The van der Waals surface area contributed by atoms with Gasteiger partial charge in [0.05, 0.1) is 40.3 Å². The molecule has 424 valence electrons. The van der Waals surface area contributed by atoms with Crippen LogP contribution in [-0.2, 0) is 33.3 Å². The van der Waals surface area contributed by atoms with Crippen molar-refractivity contribution in [1.29, 1.82) is 0 Å². The van der Waals surface area contributed by atoms with Crippen molar-refractivity contribution < 1.29 is 42.9 Å². The van der Waals surface area contributed by atoms with E-state index in [1.54, 1.807) is 0 Å². The van der Waals surface area contributed by atoms with Crippen molar-refractivity contribution in [2.75, 3.05) is 47.5 Å². The zero-order valence-electron chi connectivity index (χ0n) is 48.1. The number of carbonyl (C=O) groups is 3. The number of hydrogen-bond donors (Lipinski definition) is 0. The molecule has 9 heteroatoms. The summed E-state index contributed by atoms with van der Waals surface area (Å²) in [6.45, 7) is 4.48. The summed E-state index contributed by atoms with van der Waals surface area (Å²) < 4.78 is 22.7. The average Bonchev–Trinajstić information content (AvgIpc) is 3.38. The minimum atomic E-state index is -1.63. The van der Waals surface area contributed by atoms with Crippen molar-refractivity contribution in [1.82, 2.24) is 0 Å². The summed E-state index contributed by atoms with van der Waals surface area (Å²) in [6.07, 6.45) is 76.4. The zero-order chi connectivity index (χ0) is 54.8. The van der Waals surface area contributed by atoms with Crippen molar-refractivity contribution in [3.05, 3.63) is 134 Å². The van der Waals surface area contributed by atoms with Gasteiger partial charge in [-0.1, -0.05) is 218 Å². The van der Waals surface area contributed by atoms with Gasteiger partial charge in [-0.05, 0) is 109 Å². The predicted octanol–water partition coefficient (Wildman–Crippen LogP) is 16.1. The van der Waals surface area contributed by atoms with Gasteiger partial charge in [0.15, 0.2) is 12.4 Å². The Morgan fingerprint density at radius 1 is 0.400 bits per heavy atom. The van der Waals surface area contributed by atoms with Gasteiger partial charge in [0.2, 0.25) is 0 Å². The maximum atomic E-state index is 12.9. The van der Waals surface area contributed by atoms with Crippen LogP contribution >= 0.6 is 0 Å². The van der Waals surface area contributed by atoms with Crippen molar-refractivity contribution in [3.63, 3.8) is 0 Å². The minimum absolute atomic E-state index is 0.137. The second-order valence-corrected chi connectivity index (χ2v) is 20.2. The number of aliphatic carboxylic acids is 1. The van der Waals surface area contributed by atoms with E-state index < -0.39 is 24.3 Å². The molecule has 9 nitrogen and oxygen atoms in total. The molecule has 0 bridgehead atoms. The van der Waals surface area contributed by atoms with E-state index in [-0.39, 0.29) is 38.6 Å². The second kappa shape index (κ2) is 55.7. The molecule has 0 heterocycles. The van der Waals surface area contributed by atoms with Crippen LogP contribution in [0, 0.1) is 0 Å². The third kappa shape index (κ3) is 57.0. The summed E-state index contributed by atoms with van der Waals surface area (Å²) in [5, 5.41) is 11.8. The first-order chi connectivity index (χ1) is 36.6. The van der Waals surface area contributed by atoms with Crippen LogP contribution in [0.15, 0.2) is 134 Å². The predicted molar refractivity (Wildman–Crippen MR) is 315 cm³/mol. The molecule has 75 heavy (non-hydrogen) atoms. The van der Waals surface area contributed by atoms with E-state index in [0.29, 0.717) is 17.4 Å². The molecule has 0 radical (unpaired) electrons. The summed E-state index contributed by atoms with van der Waals surface area (Å²) in [4.78, 5) is 37.3. The Hall–Kier alpha value is -4.57. The SMILES string of the molecule is CC/C=C\C/C=C\C/C=C\C/C=C\C/C=C\C/C=C\C/C=C\C/C=C\CCCCCCCCCCC(=O)OC(COC(=O)CCCCCCCCC/C=C\C/C=C\C/C=C\CC)COC(OCC[N+](C)(C)C)C(=O)[O-]. The van der Waals surface area contributed by atoms with E-state index in [4.69, 9.17) is 18.9 Å². The van der Waals surface area contributed by atoms with E-state index in [2.05, 4.69) is 148 Å². The number of ether oxygens (including phenoxy) is 4. The van der Waals surface area contributed by atoms with Crippen molar-refractivity contribution in [2.45, 2.75) is 219 Å². The fraction of sp³-hybridized carbons (Fsp3) is 0.621. The van der Waals surface area contributed by atoms with E-state index in [9.17, 15) is 19.5 Å². The van der Waals surface area contributed by atoms with E-state index in [1.807, 2.05) is 21.1 Å². The molecule has 0 N–H and O–H groups in total. The van der Waals surface area contributed by atoms with Crippen LogP contribution in [0.2, 0.25) is 0 Å². The lowest BCUT2D eigenvalue weighted by Crippen LogP contribution is -2.44. The number of rotatable bonds is 52. The zero-order valence-corrected chi connectivity index (χ0v) is 48.1. The van der Waals surface area contributed by atoms with Gasteiger partial charge >= 0.3 is 11.9 Å². The van der Waals surface area contributed by atoms with Gasteiger partial charge in [-0.15, -0.1) is 0 Å². The number of esters is 2. The van der Waals surface area contributed by atoms with Gasteiger partial charge in [0.1, 0.15) is 13.2 Å². The van der Waals surface area contributed by atoms with E-state index in [0.717, 1.165) is 128 Å². The van der Waals surface area contributed by atoms with Crippen LogP contribution < -0.4 is 5.11 Å². The summed E-state index contributed by atoms with van der Waals surface area (Å²) >= 11 is 0. The Balaban J connectivity index is 4.27. The van der Waals surface area contributed by atoms with Crippen LogP contribution in [-0.4, -0.2) is 82.3 Å². The minimum Gasteiger partial charge on any atom is -0.545 e. The van der Waals surface area contributed by atoms with Gasteiger partial charge in [0.25, 0.3) is 0 Å². The number of allylic oxidation sites excluding steroid dienone is 22. The lowest BCUT2D eigenvalue weighted by atomic mass is 10.1. The van der Waals surface area contributed by atoms with Crippen LogP contribution in [0.5, 0.6) is 0 Å². The number of quaternary nitrogens is 1. The number of carboxylic acids is 1. The second-order valence-electron chi connectivity index (χ2n) is 20.2. The lowest BCUT2D eigenvalue weighted by molar-refractivity contribution is -0.870. The summed E-state index contributed by atoms with van der Waals surface area (Å²) in [5.41, 5.74) is 0. The summed E-state index contributed by atoms with van der Waals surface area (Å²) in [7, 11) is 5.90. The van der Waals surface area contributed by atoms with Gasteiger partial charge in [0, 0.05) is 12.8 Å². The quantitative estimate of drug-likeness (QED) is 0.0195. The molecule has 0 aromatic carbocycles. The molecule has 0 saturated heterocycles. The highest BCUT2D eigenvalue weighted by Crippen LogP contribution is 2.14. The fourth-order valence-electron chi connectivity index (χ4n) is 7.45. The van der Waals surface area contributed by atoms with E-state index in [1.165, 1.54) is 44.9 Å². The Labute approximate surface area is 459 Å². The van der Waals surface area contributed by atoms with Gasteiger partial charge in [-0.25, -0.2) is 0 Å². The highest BCUT2D eigenvalue weighted by atomic mass is 16.7. The van der Waals surface area contributed by atoms with Crippen LogP contribution in [0.1, 0.15) is 206 Å². The monoisotopic (exact) mass is 1040 g/mol. The summed E-state index contributed by atoms with van der Waals surface area (Å²) in [5.74, 6) is -2.32. The first kappa shape index (κ1) is 70.4. The molecule has 0 rings (SSSR count). The molecule has 0 aromatic heterocycles. The topological polar surface area (TPSA) is 111 Å². The molecule has 0 aliphatic rings. The Kier molecular flexibility index (Phi) is 52.3. The lowest BCUT2D eigenvalue weighted by Gasteiger charge is -2.26. The van der Waals surface area contributed by atoms with Crippen LogP contribution in [0.4, 0.5) is 0 Å². The molecule has 2 unspecified atom stereocenters. The van der Waals surface area contributed by atoms with Gasteiger partial charge < -0.3 is 33.3 Å². The molecular formula is C66H107NO8. The molecule has 0 aromatic rings.